The van der Waals surface area contributed by atoms with Crippen molar-refractivity contribution in [3.8, 4) is 0 Å². The van der Waals surface area contributed by atoms with E-state index in [-0.39, 0.29) is 24.3 Å². The molecule has 0 aromatic heterocycles. The van der Waals surface area contributed by atoms with Crippen LogP contribution in [0.4, 0.5) is 0 Å². The lowest BCUT2D eigenvalue weighted by Crippen LogP contribution is -3.00. The van der Waals surface area contributed by atoms with Gasteiger partial charge >= 0.3 is 5.97 Å². The number of carbonyl (C=O) groups excluding carboxylic acids is 2. The van der Waals surface area contributed by atoms with Crippen LogP contribution in [-0.2, 0) is 14.3 Å². The molecule has 1 amide bonds. The van der Waals surface area contributed by atoms with E-state index in [0.29, 0.717) is 6.61 Å². The molecule has 0 fully saturated rings. The van der Waals surface area contributed by atoms with Crippen molar-refractivity contribution < 1.29 is 31.2 Å². The van der Waals surface area contributed by atoms with Gasteiger partial charge in [-0.2, -0.15) is 0 Å². The Morgan fingerprint density at radius 1 is 0.694 bits per heavy atom. The van der Waals surface area contributed by atoms with Crippen molar-refractivity contribution in [1.82, 2.24) is 5.32 Å². The standard InChI is InChI=1S/C21H40O2.C9H18N2O.ClH/c1-3-5-6-7-8-9-10-11-12-13-14-15-16-17-18-19-20-23-21(22)4-2;1-5-9(12)10-7-6-8-11(2,3)4;/h4H,2-3,5-20H2,1H3;5H,1,6-8H2,2-4H3;1H. The Balaban J connectivity index is -0.000000710. The second kappa shape index (κ2) is 29.9. The lowest BCUT2D eigenvalue weighted by molar-refractivity contribution is -0.870. The van der Waals surface area contributed by atoms with E-state index in [0.717, 1.165) is 30.4 Å². The monoisotopic (exact) mass is 530 g/mol. The molecule has 0 heterocycles. The summed E-state index contributed by atoms with van der Waals surface area (Å²) in [6.07, 6.45) is 25.3. The highest BCUT2D eigenvalue weighted by molar-refractivity contribution is 5.86. The van der Waals surface area contributed by atoms with E-state index < -0.39 is 0 Å². The van der Waals surface area contributed by atoms with Crippen LogP contribution in [0.1, 0.15) is 116 Å². The minimum Gasteiger partial charge on any atom is -1.00 e. The fourth-order valence-electron chi connectivity index (χ4n) is 3.72. The van der Waals surface area contributed by atoms with Crippen molar-refractivity contribution in [1.29, 1.82) is 0 Å². The number of nitrogens with one attached hydrogen (secondary N) is 1. The summed E-state index contributed by atoms with van der Waals surface area (Å²) in [6.45, 7) is 11.4. The summed E-state index contributed by atoms with van der Waals surface area (Å²) in [5.74, 6) is -0.387. The van der Waals surface area contributed by atoms with Crippen molar-refractivity contribution in [3.05, 3.63) is 25.3 Å². The van der Waals surface area contributed by atoms with Crippen molar-refractivity contribution in [2.75, 3.05) is 40.8 Å². The quantitative estimate of drug-likeness (QED) is 0.0923. The molecule has 0 aromatic rings. The zero-order valence-electron chi connectivity index (χ0n) is 24.3. The summed E-state index contributed by atoms with van der Waals surface area (Å²) >= 11 is 0. The van der Waals surface area contributed by atoms with Gasteiger partial charge in [-0.25, -0.2) is 4.79 Å². The molecule has 0 atom stereocenters. The van der Waals surface area contributed by atoms with Gasteiger partial charge in [0.15, 0.2) is 0 Å². The first kappa shape index (κ1) is 39.2. The number of quaternary nitrogens is 1. The van der Waals surface area contributed by atoms with Crippen LogP contribution in [0, 0.1) is 0 Å². The largest absolute Gasteiger partial charge is 1.00 e. The van der Waals surface area contributed by atoms with Gasteiger partial charge in [-0.05, 0) is 12.5 Å². The van der Waals surface area contributed by atoms with Crippen LogP contribution in [-0.4, -0.2) is 57.2 Å². The van der Waals surface area contributed by atoms with Crippen molar-refractivity contribution in [3.63, 3.8) is 0 Å². The number of halogens is 1. The Labute approximate surface area is 230 Å². The van der Waals surface area contributed by atoms with E-state index in [4.69, 9.17) is 4.74 Å². The van der Waals surface area contributed by atoms with Gasteiger partial charge in [0.25, 0.3) is 0 Å². The Kier molecular flexibility index (Phi) is 32.5. The molecule has 6 heteroatoms. The highest BCUT2D eigenvalue weighted by Crippen LogP contribution is 2.13. The maximum atomic E-state index is 10.8. The van der Waals surface area contributed by atoms with Gasteiger partial charge in [0.1, 0.15) is 0 Å². The number of amides is 1. The molecule has 0 aliphatic carbocycles. The zero-order chi connectivity index (χ0) is 26.6. The maximum Gasteiger partial charge on any atom is 0.330 e. The second-order valence-corrected chi connectivity index (χ2v) is 10.5. The molecule has 0 bridgehead atoms. The predicted octanol–water partition coefficient (Wildman–Crippen LogP) is 4.37. The molecule has 0 unspecified atom stereocenters. The van der Waals surface area contributed by atoms with E-state index in [1.165, 1.54) is 108 Å². The fraction of sp³-hybridized carbons (Fsp3) is 0.800. The molecule has 214 valence electrons. The van der Waals surface area contributed by atoms with E-state index in [1.807, 2.05) is 0 Å². The predicted molar refractivity (Wildman–Crippen MR) is 151 cm³/mol. The summed E-state index contributed by atoms with van der Waals surface area (Å²) in [4.78, 5) is 21.5. The maximum absolute atomic E-state index is 10.8. The third-order valence-electron chi connectivity index (χ3n) is 5.90. The van der Waals surface area contributed by atoms with Crippen LogP contribution >= 0.6 is 0 Å². The molecule has 0 rings (SSSR count). The normalized spacial score (nSPS) is 10.4. The number of unbranched alkanes of at least 4 members (excludes halogenated alkanes) is 15. The van der Waals surface area contributed by atoms with Gasteiger partial charge in [-0.15, -0.1) is 0 Å². The summed E-state index contributed by atoms with van der Waals surface area (Å²) < 4.78 is 5.89. The SMILES string of the molecule is C=CC(=O)NCCC[N+](C)(C)C.C=CC(=O)OCCCCCCCCCCCCCCCCCC.[Cl-]. The summed E-state index contributed by atoms with van der Waals surface area (Å²) in [7, 11) is 6.40. The lowest BCUT2D eigenvalue weighted by Gasteiger charge is -2.23. The Bertz CT molecular complexity index is 519. The lowest BCUT2D eigenvalue weighted by atomic mass is 10.0. The molecule has 0 spiro atoms. The first-order chi connectivity index (χ1) is 16.8. The van der Waals surface area contributed by atoms with Gasteiger partial charge in [-0.3, -0.25) is 4.79 Å². The van der Waals surface area contributed by atoms with Gasteiger partial charge in [0.05, 0.1) is 34.3 Å². The topological polar surface area (TPSA) is 55.4 Å². The smallest absolute Gasteiger partial charge is 0.330 e. The van der Waals surface area contributed by atoms with Gasteiger partial charge < -0.3 is 26.9 Å². The minimum atomic E-state index is -0.300. The molecular formula is C30H59ClN2O3. The number of carbonyl (C=O) groups is 2. The molecule has 0 aromatic carbocycles. The van der Waals surface area contributed by atoms with Crippen molar-refractivity contribution >= 4 is 11.9 Å². The zero-order valence-corrected chi connectivity index (χ0v) is 25.0. The minimum absolute atomic E-state index is 0. The highest BCUT2D eigenvalue weighted by Gasteiger charge is 2.05. The molecule has 0 saturated carbocycles. The third kappa shape index (κ3) is 37.2. The Morgan fingerprint density at radius 2 is 1.11 bits per heavy atom. The first-order valence-electron chi connectivity index (χ1n) is 14.3. The molecule has 0 aliphatic heterocycles. The summed E-state index contributed by atoms with van der Waals surface area (Å²) in [5, 5.41) is 2.74. The number of ether oxygens (including phenoxy) is 1. The van der Waals surface area contributed by atoms with Crippen LogP contribution in [0.25, 0.3) is 0 Å². The molecule has 0 aliphatic rings. The van der Waals surface area contributed by atoms with Crippen LogP contribution in [0.15, 0.2) is 25.3 Å². The molecule has 36 heavy (non-hydrogen) atoms. The van der Waals surface area contributed by atoms with E-state index >= 15 is 0 Å². The average molecular weight is 531 g/mol. The van der Waals surface area contributed by atoms with Crippen LogP contribution in [0.5, 0.6) is 0 Å². The highest BCUT2D eigenvalue weighted by atomic mass is 35.5. The van der Waals surface area contributed by atoms with Crippen LogP contribution in [0.2, 0.25) is 0 Å². The number of rotatable bonds is 23. The van der Waals surface area contributed by atoms with Crippen LogP contribution < -0.4 is 17.7 Å². The second-order valence-electron chi connectivity index (χ2n) is 10.5. The summed E-state index contributed by atoms with van der Waals surface area (Å²) in [5.41, 5.74) is 0. The fourth-order valence-corrected chi connectivity index (χ4v) is 3.72. The third-order valence-corrected chi connectivity index (χ3v) is 5.90. The molecule has 0 saturated heterocycles. The van der Waals surface area contributed by atoms with E-state index in [2.05, 4.69) is 46.5 Å². The Morgan fingerprint density at radius 3 is 1.47 bits per heavy atom. The number of hydrogen-bond acceptors (Lipinski definition) is 3. The number of hydrogen-bond donors (Lipinski definition) is 1. The van der Waals surface area contributed by atoms with E-state index in [1.54, 1.807) is 0 Å². The van der Waals surface area contributed by atoms with Gasteiger partial charge in [-0.1, -0.05) is 116 Å². The Hall–Kier alpha value is -1.33. The summed E-state index contributed by atoms with van der Waals surface area (Å²) in [6, 6.07) is 0. The van der Waals surface area contributed by atoms with Crippen molar-refractivity contribution in [2.45, 2.75) is 116 Å². The number of nitrogens with zero attached hydrogens (tertiary/aromatic N) is 1. The molecule has 1 N–H and O–H groups in total. The number of esters is 1. The van der Waals surface area contributed by atoms with Gasteiger partial charge in [0.2, 0.25) is 5.91 Å². The molecule has 5 nitrogen and oxygen atoms in total. The van der Waals surface area contributed by atoms with Gasteiger partial charge in [0, 0.05) is 19.0 Å². The van der Waals surface area contributed by atoms with Crippen LogP contribution in [0.3, 0.4) is 0 Å². The average Bonchev–Trinajstić information content (AvgIpc) is 2.83. The van der Waals surface area contributed by atoms with Crippen molar-refractivity contribution in [2.24, 2.45) is 0 Å². The molecule has 0 radical (unpaired) electrons. The first-order valence-corrected chi connectivity index (χ1v) is 14.3. The molecular weight excluding hydrogens is 472 g/mol. The van der Waals surface area contributed by atoms with E-state index in [9.17, 15) is 9.59 Å².